The molecule has 0 unspecified atom stereocenters. The number of amides is 2. The van der Waals surface area contributed by atoms with Gasteiger partial charge < -0.3 is 25.8 Å². The molecule has 10 nitrogen and oxygen atoms in total. The standard InChI is InChI=1S/C39H46N6O4.ClH/c1-26(2)20-22-48-34-17-14-27-9-3-5-12-31(27)37(34)38-32-13-6-4-10-28(32)15-18-35(38)49-25-30-24-45(44-43-30)23-29(11-7-8-21-40)41-39(47)33-16-19-36(46)42-33;/h3-6,9-10,12-15,17-18,24,26,29,33H,7-8,11,16,19-23,25,40H2,1-2H3,(H,41,47)(H,42,46);1H/t29-,33+;/m1./s1. The van der Waals surface area contributed by atoms with Crippen LogP contribution in [0.5, 0.6) is 11.5 Å². The number of nitrogens with one attached hydrogen (secondary N) is 2. The van der Waals surface area contributed by atoms with Crippen LogP contribution >= 0.6 is 12.4 Å². The van der Waals surface area contributed by atoms with Crippen molar-refractivity contribution in [1.29, 1.82) is 0 Å². The van der Waals surface area contributed by atoms with E-state index in [0.29, 0.717) is 44.1 Å². The molecule has 0 aliphatic carbocycles. The summed E-state index contributed by atoms with van der Waals surface area (Å²) >= 11 is 0. The predicted octanol–water partition coefficient (Wildman–Crippen LogP) is 6.57. The second-order valence-electron chi connectivity index (χ2n) is 13.2. The summed E-state index contributed by atoms with van der Waals surface area (Å²) < 4.78 is 14.8. The van der Waals surface area contributed by atoms with Crippen LogP contribution in [-0.2, 0) is 22.7 Å². The first kappa shape index (κ1) is 36.6. The molecule has 2 atom stereocenters. The second-order valence-corrected chi connectivity index (χ2v) is 13.2. The first-order chi connectivity index (χ1) is 23.9. The van der Waals surface area contributed by atoms with Gasteiger partial charge in [-0.05, 0) is 71.8 Å². The molecule has 6 rings (SSSR count). The maximum absolute atomic E-state index is 12.9. The van der Waals surface area contributed by atoms with Crippen LogP contribution in [0.1, 0.15) is 58.1 Å². The monoisotopic (exact) mass is 698 g/mol. The summed E-state index contributed by atoms with van der Waals surface area (Å²) in [4.78, 5) is 24.6. The second kappa shape index (κ2) is 17.3. The minimum Gasteiger partial charge on any atom is -0.493 e. The number of benzene rings is 4. The summed E-state index contributed by atoms with van der Waals surface area (Å²) in [7, 11) is 0. The lowest BCUT2D eigenvalue weighted by Crippen LogP contribution is -2.47. The zero-order chi connectivity index (χ0) is 34.2. The SMILES string of the molecule is CC(C)CCOc1ccc2ccccc2c1-c1c(OCc2cn(C[C@@H](CCCCN)NC(=O)[C@@H]3CCC(=O)N3)nn2)ccc2ccccc12.Cl. The highest BCUT2D eigenvalue weighted by atomic mass is 35.5. The van der Waals surface area contributed by atoms with E-state index in [0.717, 1.165) is 69.9 Å². The molecular formula is C39H47ClN6O4. The van der Waals surface area contributed by atoms with Crippen molar-refractivity contribution in [2.24, 2.45) is 11.7 Å². The van der Waals surface area contributed by atoms with E-state index in [2.05, 4.69) is 95.5 Å². The van der Waals surface area contributed by atoms with Crippen molar-refractivity contribution < 1.29 is 19.1 Å². The lowest BCUT2D eigenvalue weighted by Gasteiger charge is -2.21. The molecule has 1 aliphatic rings. The largest absolute Gasteiger partial charge is 0.493 e. The number of ether oxygens (including phenoxy) is 2. The van der Waals surface area contributed by atoms with Crippen molar-refractivity contribution in [1.82, 2.24) is 25.6 Å². The highest BCUT2D eigenvalue weighted by molar-refractivity contribution is 6.09. The summed E-state index contributed by atoms with van der Waals surface area (Å²) in [5.41, 5.74) is 8.38. The zero-order valence-electron chi connectivity index (χ0n) is 28.8. The van der Waals surface area contributed by atoms with E-state index < -0.39 is 6.04 Å². The van der Waals surface area contributed by atoms with Gasteiger partial charge in [0.15, 0.2) is 0 Å². The highest BCUT2D eigenvalue weighted by Crippen LogP contribution is 2.45. The van der Waals surface area contributed by atoms with Crippen LogP contribution in [0.25, 0.3) is 32.7 Å². The molecule has 50 heavy (non-hydrogen) atoms. The molecule has 4 aromatic carbocycles. The summed E-state index contributed by atoms with van der Waals surface area (Å²) in [5, 5.41) is 19.0. The third-order valence-corrected chi connectivity index (χ3v) is 9.02. The van der Waals surface area contributed by atoms with Crippen LogP contribution in [-0.4, -0.2) is 52.0 Å². The van der Waals surface area contributed by atoms with Gasteiger partial charge >= 0.3 is 0 Å². The number of halogens is 1. The fourth-order valence-corrected chi connectivity index (χ4v) is 6.39. The number of hydrogen-bond acceptors (Lipinski definition) is 7. The zero-order valence-corrected chi connectivity index (χ0v) is 29.6. The van der Waals surface area contributed by atoms with Gasteiger partial charge in [-0.25, -0.2) is 0 Å². The Kier molecular flexibility index (Phi) is 12.7. The summed E-state index contributed by atoms with van der Waals surface area (Å²) in [6.45, 7) is 6.26. The first-order valence-corrected chi connectivity index (χ1v) is 17.4. The number of nitrogens with zero attached hydrogens (tertiary/aromatic N) is 3. The molecule has 264 valence electrons. The molecule has 0 saturated carbocycles. The molecular weight excluding hydrogens is 652 g/mol. The Morgan fingerprint density at radius 3 is 2.22 bits per heavy atom. The van der Waals surface area contributed by atoms with Crippen molar-refractivity contribution in [3.63, 3.8) is 0 Å². The minimum atomic E-state index is -0.497. The molecule has 1 saturated heterocycles. The number of carbonyl (C=O) groups is 2. The number of rotatable bonds is 16. The van der Waals surface area contributed by atoms with E-state index in [-0.39, 0.29) is 36.9 Å². The molecule has 0 radical (unpaired) electrons. The molecule has 2 amide bonds. The molecule has 1 aliphatic heterocycles. The smallest absolute Gasteiger partial charge is 0.242 e. The molecule has 0 spiro atoms. The number of unbranched alkanes of at least 4 members (excludes halogenated alkanes) is 1. The van der Waals surface area contributed by atoms with Crippen LogP contribution in [0.2, 0.25) is 0 Å². The maximum atomic E-state index is 12.9. The van der Waals surface area contributed by atoms with E-state index in [1.807, 2.05) is 18.3 Å². The number of hydrogen-bond donors (Lipinski definition) is 3. The Morgan fingerprint density at radius 2 is 1.60 bits per heavy atom. The maximum Gasteiger partial charge on any atom is 0.242 e. The van der Waals surface area contributed by atoms with Crippen LogP contribution in [0.4, 0.5) is 0 Å². The van der Waals surface area contributed by atoms with Gasteiger partial charge in [-0.2, -0.15) is 0 Å². The third-order valence-electron chi connectivity index (χ3n) is 9.02. The molecule has 0 bridgehead atoms. The van der Waals surface area contributed by atoms with E-state index in [4.69, 9.17) is 15.2 Å². The Hall–Kier alpha value is -4.67. The van der Waals surface area contributed by atoms with Gasteiger partial charge in [0.25, 0.3) is 0 Å². The van der Waals surface area contributed by atoms with Crippen LogP contribution < -0.4 is 25.8 Å². The average molecular weight is 699 g/mol. The lowest BCUT2D eigenvalue weighted by atomic mass is 9.92. The van der Waals surface area contributed by atoms with Gasteiger partial charge in [-0.15, -0.1) is 17.5 Å². The highest BCUT2D eigenvalue weighted by Gasteiger charge is 2.29. The molecule has 1 fully saturated rings. The van der Waals surface area contributed by atoms with E-state index in [9.17, 15) is 9.59 Å². The quantitative estimate of drug-likeness (QED) is 0.0993. The summed E-state index contributed by atoms with van der Waals surface area (Å²) in [6.07, 6.45) is 6.15. The van der Waals surface area contributed by atoms with Gasteiger partial charge in [-0.3, -0.25) is 14.3 Å². The van der Waals surface area contributed by atoms with Gasteiger partial charge in [0.1, 0.15) is 29.8 Å². The van der Waals surface area contributed by atoms with E-state index >= 15 is 0 Å². The summed E-state index contributed by atoms with van der Waals surface area (Å²) in [5.74, 6) is 1.82. The molecule has 4 N–H and O–H groups in total. The Balaban J connectivity index is 0.00000486. The fraction of sp³-hybridized carbons (Fsp3) is 0.385. The average Bonchev–Trinajstić information content (AvgIpc) is 3.75. The first-order valence-electron chi connectivity index (χ1n) is 17.4. The molecule has 2 heterocycles. The topological polar surface area (TPSA) is 133 Å². The summed E-state index contributed by atoms with van der Waals surface area (Å²) in [6, 6.07) is 24.3. The van der Waals surface area contributed by atoms with E-state index in [1.54, 1.807) is 4.68 Å². The van der Waals surface area contributed by atoms with Gasteiger partial charge in [-0.1, -0.05) is 86.1 Å². The van der Waals surface area contributed by atoms with Crippen LogP contribution in [0, 0.1) is 5.92 Å². The normalized spacial score (nSPS) is 14.8. The third kappa shape index (κ3) is 8.91. The van der Waals surface area contributed by atoms with Gasteiger partial charge in [0.05, 0.1) is 19.3 Å². The lowest BCUT2D eigenvalue weighted by molar-refractivity contribution is -0.126. The fourth-order valence-electron chi connectivity index (χ4n) is 6.39. The molecule has 11 heteroatoms. The number of carbonyl (C=O) groups excluding carboxylic acids is 2. The Labute approximate surface area is 299 Å². The van der Waals surface area contributed by atoms with Gasteiger partial charge in [0.2, 0.25) is 11.8 Å². The van der Waals surface area contributed by atoms with Crippen LogP contribution in [0.3, 0.4) is 0 Å². The van der Waals surface area contributed by atoms with Crippen molar-refractivity contribution in [3.8, 4) is 22.6 Å². The predicted molar refractivity (Wildman–Crippen MR) is 199 cm³/mol. The number of fused-ring (bicyclic) bond motifs is 2. The van der Waals surface area contributed by atoms with Crippen molar-refractivity contribution in [2.45, 2.75) is 77.6 Å². The van der Waals surface area contributed by atoms with Crippen molar-refractivity contribution in [2.75, 3.05) is 13.2 Å². The Morgan fingerprint density at radius 1 is 0.940 bits per heavy atom. The number of nitrogens with two attached hydrogens (primary N) is 1. The minimum absolute atomic E-state index is 0. The number of aromatic nitrogens is 3. The Bertz CT molecular complexity index is 1910. The molecule has 5 aromatic rings. The van der Waals surface area contributed by atoms with Crippen molar-refractivity contribution >= 4 is 45.8 Å². The molecule has 1 aromatic heterocycles. The van der Waals surface area contributed by atoms with Crippen LogP contribution in [0.15, 0.2) is 79.0 Å². The van der Waals surface area contributed by atoms with E-state index in [1.165, 1.54) is 0 Å². The van der Waals surface area contributed by atoms with Gasteiger partial charge in [0, 0.05) is 23.6 Å². The van der Waals surface area contributed by atoms with Crippen molar-refractivity contribution in [3.05, 3.63) is 84.7 Å².